The second-order valence-electron chi connectivity index (χ2n) is 10.7. The summed E-state index contributed by atoms with van der Waals surface area (Å²) in [5, 5.41) is 11.3. The molecule has 134 valence electrons. The highest BCUT2D eigenvalue weighted by molar-refractivity contribution is 5.77. The minimum atomic E-state index is -0.419. The van der Waals surface area contributed by atoms with Crippen LogP contribution in [0.1, 0.15) is 65.7 Å². The Balaban J connectivity index is 1.58. The van der Waals surface area contributed by atoms with Gasteiger partial charge in [0.05, 0.1) is 18.6 Å². The van der Waals surface area contributed by atoms with Gasteiger partial charge in [0.1, 0.15) is 0 Å². The molecule has 3 nitrogen and oxygen atoms in total. The van der Waals surface area contributed by atoms with Gasteiger partial charge in [-0.1, -0.05) is 20.3 Å². The molecule has 1 N–H and O–H groups in total. The lowest BCUT2D eigenvalue weighted by Gasteiger charge is -2.66. The summed E-state index contributed by atoms with van der Waals surface area (Å²) >= 11 is 0. The average Bonchev–Trinajstić information content (AvgIpc) is 3.00. The normalized spacial score (nSPS) is 63.3. The van der Waals surface area contributed by atoms with Crippen LogP contribution in [-0.4, -0.2) is 24.3 Å². The van der Waals surface area contributed by atoms with E-state index in [4.69, 9.17) is 4.74 Å². The largest absolute Gasteiger partial charge is 0.469 e. The summed E-state index contributed by atoms with van der Waals surface area (Å²) in [6.45, 7) is 7.03. The molecule has 0 aromatic heterocycles. The maximum absolute atomic E-state index is 12.7. The summed E-state index contributed by atoms with van der Waals surface area (Å²) in [5.74, 6) is 2.57. The number of fused-ring (bicyclic) bond motifs is 1. The van der Waals surface area contributed by atoms with Gasteiger partial charge in [-0.05, 0) is 80.0 Å². The lowest BCUT2D eigenvalue weighted by Crippen LogP contribution is -2.64. The van der Waals surface area contributed by atoms with Crippen molar-refractivity contribution in [2.75, 3.05) is 7.11 Å². The van der Waals surface area contributed by atoms with Crippen molar-refractivity contribution in [1.82, 2.24) is 0 Å². The molecule has 0 radical (unpaired) electrons. The summed E-state index contributed by atoms with van der Waals surface area (Å²) in [6, 6.07) is 0. The van der Waals surface area contributed by atoms with E-state index in [9.17, 15) is 9.90 Å². The first-order valence-electron chi connectivity index (χ1n) is 9.99. The molecule has 4 bridgehead atoms. The number of hydrogen-bond donors (Lipinski definition) is 1. The molecular weight excluding hydrogens is 300 g/mol. The molecule has 6 aliphatic carbocycles. The van der Waals surface area contributed by atoms with Gasteiger partial charge < -0.3 is 9.84 Å². The minimum absolute atomic E-state index is 0.0554. The molecule has 24 heavy (non-hydrogen) atoms. The van der Waals surface area contributed by atoms with Crippen LogP contribution >= 0.6 is 0 Å². The molecule has 0 heterocycles. The molecule has 0 amide bonds. The fourth-order valence-corrected chi connectivity index (χ4v) is 8.99. The Kier molecular flexibility index (Phi) is 2.75. The highest BCUT2D eigenvalue weighted by Gasteiger charge is 2.80. The van der Waals surface area contributed by atoms with E-state index in [-0.39, 0.29) is 28.8 Å². The molecule has 9 atom stereocenters. The van der Waals surface area contributed by atoms with Crippen molar-refractivity contribution in [2.24, 2.45) is 45.3 Å². The van der Waals surface area contributed by atoms with Crippen molar-refractivity contribution < 1.29 is 14.6 Å². The van der Waals surface area contributed by atoms with Crippen molar-refractivity contribution in [3.63, 3.8) is 0 Å². The molecule has 0 aromatic carbocycles. The Bertz CT molecular complexity index is 616. The van der Waals surface area contributed by atoms with Crippen LogP contribution < -0.4 is 0 Å². The van der Waals surface area contributed by atoms with Crippen molar-refractivity contribution in [2.45, 2.75) is 71.8 Å². The second-order valence-corrected chi connectivity index (χ2v) is 10.7. The summed E-state index contributed by atoms with van der Waals surface area (Å²) in [7, 11) is 1.52. The van der Waals surface area contributed by atoms with E-state index in [1.54, 1.807) is 0 Å². The molecule has 6 saturated carbocycles. The van der Waals surface area contributed by atoms with Crippen molar-refractivity contribution in [3.05, 3.63) is 0 Å². The van der Waals surface area contributed by atoms with Crippen molar-refractivity contribution in [1.29, 1.82) is 0 Å². The molecule has 0 aromatic rings. The standard InChI is InChI=1S/C21H32O3/c1-18-6-5-7-19(2,17(23)24-4)14(18)9-16(22)21-10-13-12(8-15(18)21)20(13,3)11-21/h12-16,22H,5-11H2,1-4H3/t12-,13+,14+,15+,16-,18-,19-,20-,21-/m1/s1. The summed E-state index contributed by atoms with van der Waals surface area (Å²) in [6.07, 6.45) is 7.60. The summed E-state index contributed by atoms with van der Waals surface area (Å²) in [5.41, 5.74) is 0.446. The molecule has 6 rings (SSSR count). The number of aliphatic hydroxyl groups excluding tert-OH is 1. The number of methoxy groups -OCH3 is 1. The van der Waals surface area contributed by atoms with Crippen LogP contribution in [0.2, 0.25) is 0 Å². The monoisotopic (exact) mass is 332 g/mol. The van der Waals surface area contributed by atoms with Crippen LogP contribution in [0.25, 0.3) is 0 Å². The first kappa shape index (κ1) is 15.7. The molecular formula is C21H32O3. The smallest absolute Gasteiger partial charge is 0.311 e. The first-order chi connectivity index (χ1) is 11.2. The van der Waals surface area contributed by atoms with Gasteiger partial charge >= 0.3 is 5.97 Å². The summed E-state index contributed by atoms with van der Waals surface area (Å²) in [4.78, 5) is 12.7. The quantitative estimate of drug-likeness (QED) is 0.743. The third-order valence-electron chi connectivity index (χ3n) is 10.1. The third-order valence-corrected chi connectivity index (χ3v) is 10.1. The van der Waals surface area contributed by atoms with Gasteiger partial charge in [-0.15, -0.1) is 0 Å². The van der Waals surface area contributed by atoms with E-state index < -0.39 is 5.41 Å². The third kappa shape index (κ3) is 1.45. The number of rotatable bonds is 1. The van der Waals surface area contributed by atoms with Gasteiger partial charge in [0.25, 0.3) is 0 Å². The zero-order valence-corrected chi connectivity index (χ0v) is 15.6. The number of aliphatic hydroxyl groups is 1. The van der Waals surface area contributed by atoms with Gasteiger partial charge in [0.2, 0.25) is 0 Å². The van der Waals surface area contributed by atoms with E-state index in [1.165, 1.54) is 32.8 Å². The molecule has 6 aliphatic rings. The second kappa shape index (κ2) is 4.22. The zero-order chi connectivity index (χ0) is 17.1. The number of carbonyl (C=O) groups excluding carboxylic acids is 1. The maximum atomic E-state index is 12.7. The predicted octanol–water partition coefficient (Wildman–Crippen LogP) is 3.79. The van der Waals surface area contributed by atoms with Gasteiger partial charge in [-0.25, -0.2) is 0 Å². The Labute approximate surface area is 145 Å². The van der Waals surface area contributed by atoms with E-state index in [0.29, 0.717) is 11.3 Å². The van der Waals surface area contributed by atoms with Crippen LogP contribution in [0, 0.1) is 45.3 Å². The fourth-order valence-electron chi connectivity index (χ4n) is 8.99. The Hall–Kier alpha value is -0.570. The summed E-state index contributed by atoms with van der Waals surface area (Å²) < 4.78 is 5.22. The number of carbonyl (C=O) groups is 1. The van der Waals surface area contributed by atoms with E-state index in [0.717, 1.165) is 31.1 Å². The van der Waals surface area contributed by atoms with E-state index in [1.807, 2.05) is 0 Å². The molecule has 0 unspecified atom stereocenters. The highest BCUT2D eigenvalue weighted by atomic mass is 16.5. The number of hydrogen-bond acceptors (Lipinski definition) is 3. The molecule has 0 saturated heterocycles. The van der Waals surface area contributed by atoms with E-state index >= 15 is 0 Å². The molecule has 0 aliphatic heterocycles. The SMILES string of the molecule is COC(=O)[C@]1(C)CCC[C@@]2(C)[C@@H]3C[C@@H]4[C@@H]5C[C@]3(C[C@]45C)[C@H](O)C[C@@H]21. The predicted molar refractivity (Wildman–Crippen MR) is 91.1 cm³/mol. The van der Waals surface area contributed by atoms with Crippen LogP contribution in [0.3, 0.4) is 0 Å². The topological polar surface area (TPSA) is 46.5 Å². The number of ether oxygens (including phenoxy) is 1. The van der Waals surface area contributed by atoms with Gasteiger partial charge in [-0.3, -0.25) is 4.79 Å². The van der Waals surface area contributed by atoms with Crippen molar-refractivity contribution in [3.8, 4) is 0 Å². The Morgan fingerprint density at radius 2 is 1.79 bits per heavy atom. The highest BCUT2D eigenvalue weighted by Crippen LogP contribution is 2.85. The Morgan fingerprint density at radius 3 is 2.42 bits per heavy atom. The average molecular weight is 332 g/mol. The first-order valence-corrected chi connectivity index (χ1v) is 9.99. The Morgan fingerprint density at radius 1 is 1.04 bits per heavy atom. The lowest BCUT2D eigenvalue weighted by atomic mass is 9.39. The van der Waals surface area contributed by atoms with Gasteiger partial charge in [0, 0.05) is 5.41 Å². The van der Waals surface area contributed by atoms with Gasteiger partial charge in [0.15, 0.2) is 0 Å². The van der Waals surface area contributed by atoms with Crippen LogP contribution in [-0.2, 0) is 9.53 Å². The van der Waals surface area contributed by atoms with Gasteiger partial charge in [-0.2, -0.15) is 0 Å². The zero-order valence-electron chi connectivity index (χ0n) is 15.6. The fraction of sp³-hybridized carbons (Fsp3) is 0.952. The molecule has 6 fully saturated rings. The van der Waals surface area contributed by atoms with Crippen LogP contribution in [0.4, 0.5) is 0 Å². The van der Waals surface area contributed by atoms with Crippen molar-refractivity contribution >= 4 is 5.97 Å². The number of esters is 1. The minimum Gasteiger partial charge on any atom is -0.469 e. The van der Waals surface area contributed by atoms with E-state index in [2.05, 4.69) is 20.8 Å². The van der Waals surface area contributed by atoms with Crippen LogP contribution in [0.15, 0.2) is 0 Å². The molecule has 1 spiro atoms. The van der Waals surface area contributed by atoms with Crippen LogP contribution in [0.5, 0.6) is 0 Å². The lowest BCUT2D eigenvalue weighted by molar-refractivity contribution is -0.220. The molecule has 3 heteroatoms. The maximum Gasteiger partial charge on any atom is 0.311 e.